The third-order valence-electron chi connectivity index (χ3n) is 5.05. The first kappa shape index (κ1) is 19.0. The molecule has 0 saturated carbocycles. The molecule has 5 nitrogen and oxygen atoms in total. The normalized spacial score (nSPS) is 16.5. The topological polar surface area (TPSA) is 36.2 Å². The molecule has 0 amide bonds. The van der Waals surface area contributed by atoms with Crippen LogP contribution in [0.2, 0.25) is 0 Å². The molecule has 4 rings (SSSR count). The molecule has 0 aromatic heterocycles. The van der Waals surface area contributed by atoms with Gasteiger partial charge in [-0.25, -0.2) is 10.0 Å². The fraction of sp³-hybridized carbons (Fsp3) is 0.208. The highest BCUT2D eigenvalue weighted by Crippen LogP contribution is 2.29. The van der Waals surface area contributed by atoms with E-state index in [-0.39, 0.29) is 6.29 Å². The minimum Gasteiger partial charge on any atom is -0.264 e. The zero-order chi connectivity index (χ0) is 20.1. The number of benzene rings is 3. The van der Waals surface area contributed by atoms with E-state index in [9.17, 15) is 0 Å². The summed E-state index contributed by atoms with van der Waals surface area (Å²) >= 11 is 0. The van der Waals surface area contributed by atoms with E-state index in [0.717, 1.165) is 30.0 Å². The van der Waals surface area contributed by atoms with Crippen molar-refractivity contribution in [2.45, 2.75) is 20.1 Å². The maximum atomic E-state index is 5.00. The van der Waals surface area contributed by atoms with Gasteiger partial charge in [-0.1, -0.05) is 80.6 Å². The van der Waals surface area contributed by atoms with Crippen LogP contribution in [0.5, 0.6) is 0 Å². The molecule has 1 unspecified atom stereocenters. The average Bonchev–Trinajstić information content (AvgIpc) is 2.81. The Morgan fingerprint density at radius 3 is 1.69 bits per heavy atom. The lowest BCUT2D eigenvalue weighted by Gasteiger charge is -2.46. The van der Waals surface area contributed by atoms with Crippen LogP contribution in [0.3, 0.4) is 0 Å². The van der Waals surface area contributed by atoms with E-state index in [1.54, 1.807) is 0 Å². The molecule has 0 aliphatic carbocycles. The van der Waals surface area contributed by atoms with Crippen molar-refractivity contribution in [3.8, 4) is 0 Å². The highest BCUT2D eigenvalue weighted by molar-refractivity contribution is 6.00. The Balaban J connectivity index is 1.87. The second-order valence-corrected chi connectivity index (χ2v) is 6.82. The van der Waals surface area contributed by atoms with Crippen molar-refractivity contribution in [2.75, 3.05) is 23.1 Å². The highest BCUT2D eigenvalue weighted by atomic mass is 15.8. The summed E-state index contributed by atoms with van der Waals surface area (Å²) in [7, 11) is 0. The Hall–Kier alpha value is -3.31. The Morgan fingerprint density at radius 1 is 0.690 bits per heavy atom. The van der Waals surface area contributed by atoms with Crippen LogP contribution in [0.1, 0.15) is 19.4 Å². The molecule has 1 aliphatic rings. The van der Waals surface area contributed by atoms with Crippen molar-refractivity contribution in [2.24, 2.45) is 5.10 Å². The summed E-state index contributed by atoms with van der Waals surface area (Å²) in [6.07, 6.45) is -0.151. The monoisotopic (exact) mass is 384 g/mol. The fourth-order valence-electron chi connectivity index (χ4n) is 3.54. The standard InChI is InChI=1S/C24H26N5/c1-3-27(4-2)24-28(21-16-10-6-11-17-21)25-23(20-14-8-5-9-15-20)26-29(24)22-18-12-7-13-19-22/h5-19,24H,3-4H2,1-2H3. The lowest BCUT2D eigenvalue weighted by atomic mass is 10.2. The van der Waals surface area contributed by atoms with Gasteiger partial charge in [0.25, 0.3) is 0 Å². The van der Waals surface area contributed by atoms with Gasteiger partial charge in [0, 0.05) is 5.56 Å². The predicted octanol–water partition coefficient (Wildman–Crippen LogP) is 4.52. The van der Waals surface area contributed by atoms with Gasteiger partial charge in [0.1, 0.15) is 0 Å². The molecule has 0 saturated heterocycles. The molecular formula is C24H26N5. The first-order valence-corrected chi connectivity index (χ1v) is 10.1. The van der Waals surface area contributed by atoms with Gasteiger partial charge in [-0.2, -0.15) is 0 Å². The SMILES string of the molecule is CCN(CC)C1N(c2ccccc2)[N]C(c2ccccc2)=NN1c1ccccc1. The summed E-state index contributed by atoms with van der Waals surface area (Å²) in [6.45, 7) is 6.12. The van der Waals surface area contributed by atoms with E-state index in [4.69, 9.17) is 10.5 Å². The van der Waals surface area contributed by atoms with E-state index in [2.05, 4.69) is 53.0 Å². The first-order valence-electron chi connectivity index (χ1n) is 10.1. The van der Waals surface area contributed by atoms with Crippen molar-refractivity contribution in [3.05, 3.63) is 96.6 Å². The molecule has 3 aromatic carbocycles. The van der Waals surface area contributed by atoms with Crippen molar-refractivity contribution < 1.29 is 0 Å². The van der Waals surface area contributed by atoms with Gasteiger partial charge >= 0.3 is 0 Å². The Labute approximate surface area is 172 Å². The van der Waals surface area contributed by atoms with Gasteiger partial charge in [0.2, 0.25) is 6.29 Å². The average molecular weight is 385 g/mol. The van der Waals surface area contributed by atoms with Crippen LogP contribution in [-0.2, 0) is 0 Å². The van der Waals surface area contributed by atoms with E-state index >= 15 is 0 Å². The third kappa shape index (κ3) is 3.96. The number of hydrogen-bond acceptors (Lipinski definition) is 4. The molecule has 1 radical (unpaired) electrons. The summed E-state index contributed by atoms with van der Waals surface area (Å²) in [5.74, 6) is 0.696. The lowest BCUT2D eigenvalue weighted by Crippen LogP contribution is -2.64. The van der Waals surface area contributed by atoms with E-state index < -0.39 is 0 Å². The van der Waals surface area contributed by atoms with Crippen molar-refractivity contribution >= 4 is 17.2 Å². The largest absolute Gasteiger partial charge is 0.264 e. The van der Waals surface area contributed by atoms with Crippen LogP contribution in [-0.4, -0.2) is 30.1 Å². The van der Waals surface area contributed by atoms with Crippen molar-refractivity contribution in [3.63, 3.8) is 0 Å². The first-order chi connectivity index (χ1) is 14.3. The molecule has 5 heteroatoms. The number of rotatable bonds is 6. The van der Waals surface area contributed by atoms with Gasteiger partial charge in [0.05, 0.1) is 11.4 Å². The van der Waals surface area contributed by atoms with Crippen LogP contribution in [0.15, 0.2) is 96.1 Å². The van der Waals surface area contributed by atoms with Gasteiger partial charge in [-0.3, -0.25) is 4.90 Å². The molecular weight excluding hydrogens is 358 g/mol. The Bertz CT molecular complexity index is 923. The molecule has 29 heavy (non-hydrogen) atoms. The highest BCUT2D eigenvalue weighted by Gasteiger charge is 2.36. The summed E-state index contributed by atoms with van der Waals surface area (Å²) in [5, 5.41) is 9.15. The van der Waals surface area contributed by atoms with Gasteiger partial charge in [0.15, 0.2) is 5.84 Å². The Morgan fingerprint density at radius 2 is 1.17 bits per heavy atom. The zero-order valence-electron chi connectivity index (χ0n) is 16.9. The minimum atomic E-state index is -0.151. The van der Waals surface area contributed by atoms with Crippen molar-refractivity contribution in [1.29, 1.82) is 0 Å². The Kier molecular flexibility index (Phi) is 5.77. The molecule has 0 fully saturated rings. The molecule has 0 bridgehead atoms. The van der Waals surface area contributed by atoms with E-state index in [1.807, 2.05) is 66.7 Å². The third-order valence-corrected chi connectivity index (χ3v) is 5.05. The molecule has 0 spiro atoms. The molecule has 1 heterocycles. The second-order valence-electron chi connectivity index (χ2n) is 6.82. The smallest absolute Gasteiger partial charge is 0.201 e. The van der Waals surface area contributed by atoms with Gasteiger partial charge in [-0.05, 0) is 37.4 Å². The number of nitrogens with zero attached hydrogens (tertiary/aromatic N) is 5. The summed E-state index contributed by atoms with van der Waals surface area (Å²) < 4.78 is 0. The van der Waals surface area contributed by atoms with Crippen LogP contribution < -0.4 is 15.4 Å². The zero-order valence-corrected chi connectivity index (χ0v) is 16.9. The van der Waals surface area contributed by atoms with Crippen LogP contribution in [0.4, 0.5) is 11.4 Å². The maximum Gasteiger partial charge on any atom is 0.201 e. The van der Waals surface area contributed by atoms with E-state index in [0.29, 0.717) is 5.84 Å². The predicted molar refractivity (Wildman–Crippen MR) is 120 cm³/mol. The molecule has 147 valence electrons. The quantitative estimate of drug-likeness (QED) is 0.627. The molecule has 0 N–H and O–H groups in total. The van der Waals surface area contributed by atoms with Gasteiger partial charge < -0.3 is 0 Å². The number of para-hydroxylation sites is 2. The number of anilines is 2. The number of hydrazone groups is 1. The van der Waals surface area contributed by atoms with Gasteiger partial charge in [-0.15, -0.1) is 10.5 Å². The van der Waals surface area contributed by atoms with Crippen molar-refractivity contribution in [1.82, 2.24) is 10.3 Å². The molecule has 1 aliphatic heterocycles. The number of amidine groups is 1. The lowest BCUT2D eigenvalue weighted by molar-refractivity contribution is 0.191. The van der Waals surface area contributed by atoms with E-state index in [1.165, 1.54) is 0 Å². The summed E-state index contributed by atoms with van der Waals surface area (Å²) in [6, 6.07) is 30.8. The van der Waals surface area contributed by atoms with Crippen LogP contribution in [0.25, 0.3) is 0 Å². The molecule has 3 aromatic rings. The second kappa shape index (κ2) is 8.80. The van der Waals surface area contributed by atoms with Crippen LogP contribution in [0, 0.1) is 0 Å². The maximum absolute atomic E-state index is 5.00. The summed E-state index contributed by atoms with van der Waals surface area (Å²) in [5.41, 5.74) is 8.06. The fourth-order valence-corrected chi connectivity index (χ4v) is 3.54. The summed E-state index contributed by atoms with van der Waals surface area (Å²) in [4.78, 5) is 2.36. The van der Waals surface area contributed by atoms with Crippen LogP contribution >= 0.6 is 0 Å². The molecule has 1 atom stereocenters. The minimum absolute atomic E-state index is 0.151. The number of hydrogen-bond donors (Lipinski definition) is 0.